The average Bonchev–Trinajstić information content (AvgIpc) is 3.43. The number of hydrogen-bond donors (Lipinski definition) is 0. The Kier molecular flexibility index (Phi) is 5.00. The van der Waals surface area contributed by atoms with E-state index in [0.717, 1.165) is 23.4 Å². The van der Waals surface area contributed by atoms with Gasteiger partial charge in [0.25, 0.3) is 12.0 Å². The lowest BCUT2D eigenvalue weighted by Gasteiger charge is -2.19. The number of halogens is 2. The van der Waals surface area contributed by atoms with Gasteiger partial charge >= 0.3 is 16.1 Å². The van der Waals surface area contributed by atoms with Crippen LogP contribution in [-0.4, -0.2) is 32.5 Å². The summed E-state index contributed by atoms with van der Waals surface area (Å²) < 4.78 is 62.0. The second kappa shape index (κ2) is 7.01. The van der Waals surface area contributed by atoms with Crippen molar-refractivity contribution in [2.75, 3.05) is 7.11 Å². The van der Waals surface area contributed by atoms with Gasteiger partial charge in [0.2, 0.25) is 0 Å². The molecule has 2 aromatic rings. The zero-order chi connectivity index (χ0) is 20.7. The maximum Gasteiger partial charge on any atom is 0.343 e. The van der Waals surface area contributed by atoms with E-state index in [1.54, 1.807) is 19.1 Å². The Labute approximate surface area is 159 Å². The van der Waals surface area contributed by atoms with Crippen LogP contribution >= 0.6 is 0 Å². The molecule has 7 nitrogen and oxygen atoms in total. The van der Waals surface area contributed by atoms with Gasteiger partial charge in [-0.05, 0) is 31.9 Å². The number of alkyl halides is 2. The predicted molar refractivity (Wildman–Crippen MR) is 94.2 cm³/mol. The highest BCUT2D eigenvalue weighted by atomic mass is 32.2. The van der Waals surface area contributed by atoms with Gasteiger partial charge in [-0.1, -0.05) is 17.7 Å². The highest BCUT2D eigenvalue weighted by Crippen LogP contribution is 2.48. The summed E-state index contributed by atoms with van der Waals surface area (Å²) in [5, 5.41) is 0. The van der Waals surface area contributed by atoms with Crippen LogP contribution in [0, 0.1) is 6.92 Å². The topological polar surface area (TPSA) is 91.7 Å². The number of aryl methyl sites for hydroxylation is 1. The fourth-order valence-corrected chi connectivity index (χ4v) is 3.70. The van der Waals surface area contributed by atoms with Gasteiger partial charge in [-0.2, -0.15) is 8.42 Å². The normalized spacial score (nSPS) is 15.3. The largest absolute Gasteiger partial charge is 0.465 e. The Bertz CT molecular complexity index is 1070. The SMILES string of the molecule is COC(=O)c1cn(C2(C(F)F)CC2)c(=O)cc1OS(=O)(=O)c1ccc(C)cc1. The molecular weight excluding hydrogens is 396 g/mol. The van der Waals surface area contributed by atoms with E-state index in [0.29, 0.717) is 6.07 Å². The van der Waals surface area contributed by atoms with E-state index >= 15 is 0 Å². The quantitative estimate of drug-likeness (QED) is 0.534. The zero-order valence-corrected chi connectivity index (χ0v) is 15.8. The highest BCUT2D eigenvalue weighted by Gasteiger charge is 2.53. The molecule has 1 heterocycles. The highest BCUT2D eigenvalue weighted by molar-refractivity contribution is 7.87. The Balaban J connectivity index is 2.08. The molecule has 3 rings (SSSR count). The average molecular weight is 413 g/mol. The number of carbonyl (C=O) groups excluding carboxylic acids is 1. The van der Waals surface area contributed by atoms with Crippen molar-refractivity contribution in [3.8, 4) is 5.75 Å². The number of nitrogens with zero attached hydrogens (tertiary/aromatic N) is 1. The summed E-state index contributed by atoms with van der Waals surface area (Å²) in [6, 6.07) is 6.42. The fraction of sp³-hybridized carbons (Fsp3) is 0.333. The molecule has 0 bridgehead atoms. The number of aromatic nitrogens is 1. The van der Waals surface area contributed by atoms with Crippen LogP contribution in [0.5, 0.6) is 5.75 Å². The number of methoxy groups -OCH3 is 1. The van der Waals surface area contributed by atoms with Crippen LogP contribution in [0.4, 0.5) is 8.78 Å². The van der Waals surface area contributed by atoms with Gasteiger partial charge in [0.05, 0.1) is 7.11 Å². The van der Waals surface area contributed by atoms with Crippen molar-refractivity contribution in [1.29, 1.82) is 0 Å². The van der Waals surface area contributed by atoms with Crippen molar-refractivity contribution in [3.63, 3.8) is 0 Å². The molecule has 1 saturated carbocycles. The fourth-order valence-electron chi connectivity index (χ4n) is 2.76. The first-order valence-corrected chi connectivity index (χ1v) is 9.66. The molecule has 0 atom stereocenters. The Morgan fingerprint density at radius 3 is 2.32 bits per heavy atom. The standard InChI is InChI=1S/C18H17F2NO6S/c1-11-3-5-12(6-4-11)28(24,25)27-14-9-15(22)21(10-13(14)16(23)26-2)18(7-8-18)17(19)20/h3-6,9-10,17H,7-8H2,1-2H3. The molecule has 1 aromatic carbocycles. The number of pyridine rings is 1. The van der Waals surface area contributed by atoms with Crippen molar-refractivity contribution in [3.05, 3.63) is 58.0 Å². The summed E-state index contributed by atoms with van der Waals surface area (Å²) in [4.78, 5) is 24.3. The smallest absolute Gasteiger partial charge is 0.343 e. The predicted octanol–water partition coefficient (Wildman–Crippen LogP) is 2.47. The molecule has 0 N–H and O–H groups in total. The second-order valence-electron chi connectivity index (χ2n) is 6.51. The van der Waals surface area contributed by atoms with E-state index in [4.69, 9.17) is 4.18 Å². The zero-order valence-electron chi connectivity index (χ0n) is 15.0. The minimum atomic E-state index is -4.36. The minimum absolute atomic E-state index is 0.0626. The lowest BCUT2D eigenvalue weighted by molar-refractivity contribution is 0.0576. The second-order valence-corrected chi connectivity index (χ2v) is 8.05. The summed E-state index contributed by atoms with van der Waals surface area (Å²) in [5.74, 6) is -1.60. The summed E-state index contributed by atoms with van der Waals surface area (Å²) >= 11 is 0. The third kappa shape index (κ3) is 3.51. The molecule has 0 aliphatic heterocycles. The van der Waals surface area contributed by atoms with E-state index in [-0.39, 0.29) is 17.7 Å². The Morgan fingerprint density at radius 2 is 1.82 bits per heavy atom. The molecular formula is C18H17F2NO6S. The van der Waals surface area contributed by atoms with E-state index in [9.17, 15) is 26.8 Å². The van der Waals surface area contributed by atoms with Gasteiger partial charge in [-0.3, -0.25) is 4.79 Å². The van der Waals surface area contributed by atoms with Crippen LogP contribution in [-0.2, 0) is 20.4 Å². The molecule has 1 aliphatic carbocycles. The molecule has 28 heavy (non-hydrogen) atoms. The lowest BCUT2D eigenvalue weighted by atomic mass is 10.2. The third-order valence-electron chi connectivity index (χ3n) is 4.58. The molecule has 1 aromatic heterocycles. The molecule has 150 valence electrons. The first-order chi connectivity index (χ1) is 13.1. The van der Waals surface area contributed by atoms with Crippen LogP contribution in [0.15, 0.2) is 46.2 Å². The Hall–Kier alpha value is -2.75. The van der Waals surface area contributed by atoms with Crippen molar-refractivity contribution in [2.45, 2.75) is 36.6 Å². The first kappa shape index (κ1) is 20.0. The number of ether oxygens (including phenoxy) is 1. The molecule has 10 heteroatoms. The van der Waals surface area contributed by atoms with Crippen molar-refractivity contribution >= 4 is 16.1 Å². The maximum absolute atomic E-state index is 13.4. The van der Waals surface area contributed by atoms with E-state index in [2.05, 4.69) is 4.74 Å². The number of esters is 1. The molecule has 0 unspecified atom stereocenters. The van der Waals surface area contributed by atoms with E-state index in [1.165, 1.54) is 12.1 Å². The minimum Gasteiger partial charge on any atom is -0.465 e. The van der Waals surface area contributed by atoms with Crippen LogP contribution in [0.25, 0.3) is 0 Å². The van der Waals surface area contributed by atoms with Gasteiger partial charge in [0.1, 0.15) is 16.0 Å². The van der Waals surface area contributed by atoms with Crippen LogP contribution < -0.4 is 9.74 Å². The van der Waals surface area contributed by atoms with Gasteiger partial charge < -0.3 is 13.5 Å². The monoisotopic (exact) mass is 413 g/mol. The van der Waals surface area contributed by atoms with E-state index in [1.807, 2.05) is 0 Å². The molecule has 0 amide bonds. The van der Waals surface area contributed by atoms with Crippen molar-refractivity contribution in [2.24, 2.45) is 0 Å². The number of benzene rings is 1. The summed E-state index contributed by atoms with van der Waals surface area (Å²) in [6.07, 6.45) is -1.83. The Morgan fingerprint density at radius 1 is 1.21 bits per heavy atom. The summed E-state index contributed by atoms with van der Waals surface area (Å²) in [7, 11) is -3.33. The summed E-state index contributed by atoms with van der Waals surface area (Å²) in [5.41, 5.74) is -2.23. The molecule has 0 saturated heterocycles. The molecule has 0 radical (unpaired) electrons. The molecule has 1 aliphatic rings. The van der Waals surface area contributed by atoms with Gasteiger partial charge in [-0.15, -0.1) is 0 Å². The first-order valence-electron chi connectivity index (χ1n) is 8.25. The third-order valence-corrected chi connectivity index (χ3v) is 5.83. The van der Waals surface area contributed by atoms with Gasteiger partial charge in [-0.25, -0.2) is 13.6 Å². The number of rotatable bonds is 6. The van der Waals surface area contributed by atoms with Crippen LogP contribution in [0.1, 0.15) is 28.8 Å². The van der Waals surface area contributed by atoms with Crippen molar-refractivity contribution in [1.82, 2.24) is 4.57 Å². The van der Waals surface area contributed by atoms with Crippen molar-refractivity contribution < 1.29 is 30.9 Å². The lowest BCUT2D eigenvalue weighted by Crippen LogP contribution is -2.36. The van der Waals surface area contributed by atoms with Gasteiger partial charge in [0.15, 0.2) is 5.75 Å². The molecule has 1 fully saturated rings. The van der Waals surface area contributed by atoms with Gasteiger partial charge in [0, 0.05) is 12.3 Å². The molecule has 0 spiro atoms. The van der Waals surface area contributed by atoms with Crippen LogP contribution in [0.2, 0.25) is 0 Å². The van der Waals surface area contributed by atoms with E-state index < -0.39 is 44.9 Å². The number of hydrogen-bond acceptors (Lipinski definition) is 6. The number of carbonyl (C=O) groups is 1. The van der Waals surface area contributed by atoms with Crippen LogP contribution in [0.3, 0.4) is 0 Å². The summed E-state index contributed by atoms with van der Waals surface area (Å²) in [6.45, 7) is 1.77. The maximum atomic E-state index is 13.4.